The average Bonchev–Trinajstić information content (AvgIpc) is 3.84. The first-order valence-electron chi connectivity index (χ1n) is 19.7. The molecule has 10 aromatic rings. The number of allylic oxidation sites excluding steroid dienone is 4. The largest absolute Gasteiger partial charge is 0.455 e. The Bertz CT molecular complexity index is 3130. The monoisotopic (exact) mass is 730 g/mol. The molecule has 0 spiro atoms. The second-order valence-corrected chi connectivity index (χ2v) is 14.8. The predicted molar refractivity (Wildman–Crippen MR) is 239 cm³/mol. The molecule has 3 nitrogen and oxygen atoms in total. The van der Waals surface area contributed by atoms with Crippen LogP contribution in [0.2, 0.25) is 0 Å². The lowest BCUT2D eigenvalue weighted by Gasteiger charge is -2.30. The molecule has 0 saturated heterocycles. The van der Waals surface area contributed by atoms with Gasteiger partial charge in [-0.05, 0) is 101 Å². The van der Waals surface area contributed by atoms with Crippen molar-refractivity contribution in [2.75, 3.05) is 4.90 Å². The van der Waals surface area contributed by atoms with Crippen molar-refractivity contribution in [1.29, 1.82) is 0 Å². The van der Waals surface area contributed by atoms with E-state index in [9.17, 15) is 0 Å². The zero-order valence-corrected chi connectivity index (χ0v) is 31.3. The van der Waals surface area contributed by atoms with E-state index in [-0.39, 0.29) is 0 Å². The molecule has 0 amide bonds. The van der Waals surface area contributed by atoms with E-state index in [0.29, 0.717) is 0 Å². The summed E-state index contributed by atoms with van der Waals surface area (Å²) in [6.07, 6.45) is 6.52. The maximum absolute atomic E-state index is 7.01. The van der Waals surface area contributed by atoms with E-state index in [2.05, 4.69) is 216 Å². The molecule has 0 fully saturated rings. The summed E-state index contributed by atoms with van der Waals surface area (Å²) in [6.45, 7) is 0. The van der Waals surface area contributed by atoms with Crippen LogP contribution < -0.4 is 4.90 Å². The maximum Gasteiger partial charge on any atom is 0.145 e. The van der Waals surface area contributed by atoms with Crippen molar-refractivity contribution >= 4 is 60.7 Å². The topological polar surface area (TPSA) is 21.3 Å². The SMILES string of the molecule is C1=C(c2ccccc2)CCC(N(c2ccc(-c3ccccc3)cc2)c2ccc(-c3cccc4c3oc3c4ccc4c3c3ccccc3n4-c3ccccc3)cc2)=C1. The van der Waals surface area contributed by atoms with E-state index in [1.807, 2.05) is 0 Å². The van der Waals surface area contributed by atoms with Gasteiger partial charge in [0.2, 0.25) is 0 Å². The van der Waals surface area contributed by atoms with Gasteiger partial charge in [0.05, 0.1) is 16.4 Å². The Kier molecular flexibility index (Phi) is 7.96. The summed E-state index contributed by atoms with van der Waals surface area (Å²) in [6, 6.07) is 69.5. The number of furan rings is 1. The second kappa shape index (κ2) is 13.7. The molecule has 0 bridgehead atoms. The lowest BCUT2D eigenvalue weighted by atomic mass is 9.94. The Morgan fingerprint density at radius 2 is 1.00 bits per heavy atom. The first-order valence-corrected chi connectivity index (χ1v) is 19.7. The normalized spacial score (nSPS) is 13.0. The van der Waals surface area contributed by atoms with Gasteiger partial charge in [-0.3, -0.25) is 0 Å². The summed E-state index contributed by atoms with van der Waals surface area (Å²) in [4.78, 5) is 2.41. The third-order valence-electron chi connectivity index (χ3n) is 11.5. The Balaban J connectivity index is 1.01. The number of fused-ring (bicyclic) bond motifs is 7. The number of benzene rings is 8. The highest BCUT2D eigenvalue weighted by molar-refractivity contribution is 6.24. The average molecular weight is 731 g/mol. The number of aromatic nitrogens is 1. The van der Waals surface area contributed by atoms with Gasteiger partial charge in [-0.15, -0.1) is 0 Å². The third-order valence-corrected chi connectivity index (χ3v) is 11.5. The number of anilines is 2. The van der Waals surface area contributed by atoms with Gasteiger partial charge in [0, 0.05) is 44.5 Å². The zero-order chi connectivity index (χ0) is 37.7. The van der Waals surface area contributed by atoms with Gasteiger partial charge >= 0.3 is 0 Å². The van der Waals surface area contributed by atoms with Crippen molar-refractivity contribution in [1.82, 2.24) is 4.57 Å². The number of para-hydroxylation sites is 3. The van der Waals surface area contributed by atoms with Crippen LogP contribution in [0.4, 0.5) is 11.4 Å². The number of nitrogens with zero attached hydrogens (tertiary/aromatic N) is 2. The minimum atomic E-state index is 0.909. The van der Waals surface area contributed by atoms with Gasteiger partial charge in [0.25, 0.3) is 0 Å². The molecule has 270 valence electrons. The highest BCUT2D eigenvalue weighted by atomic mass is 16.3. The molecular weight excluding hydrogens is 693 g/mol. The lowest BCUT2D eigenvalue weighted by molar-refractivity contribution is 0.674. The Hall–Kier alpha value is -7.36. The molecule has 57 heavy (non-hydrogen) atoms. The van der Waals surface area contributed by atoms with Gasteiger partial charge in [-0.1, -0.05) is 146 Å². The summed E-state index contributed by atoms with van der Waals surface area (Å²) in [5.41, 5.74) is 16.1. The highest BCUT2D eigenvalue weighted by Gasteiger charge is 2.22. The van der Waals surface area contributed by atoms with E-state index in [1.54, 1.807) is 0 Å². The molecule has 2 heterocycles. The maximum atomic E-state index is 7.01. The summed E-state index contributed by atoms with van der Waals surface area (Å²) in [5, 5.41) is 4.58. The minimum absolute atomic E-state index is 0.909. The third kappa shape index (κ3) is 5.67. The number of hydrogen-bond acceptors (Lipinski definition) is 2. The van der Waals surface area contributed by atoms with Crippen LogP contribution in [-0.2, 0) is 0 Å². The predicted octanol–water partition coefficient (Wildman–Crippen LogP) is 14.9. The van der Waals surface area contributed by atoms with E-state index in [0.717, 1.165) is 73.9 Å². The fourth-order valence-corrected chi connectivity index (χ4v) is 8.80. The molecule has 1 aliphatic rings. The van der Waals surface area contributed by atoms with Crippen molar-refractivity contribution in [3.8, 4) is 27.9 Å². The summed E-state index contributed by atoms with van der Waals surface area (Å²) >= 11 is 0. The van der Waals surface area contributed by atoms with Crippen molar-refractivity contribution in [2.24, 2.45) is 0 Å². The molecule has 0 atom stereocenters. The van der Waals surface area contributed by atoms with Crippen LogP contribution in [-0.4, -0.2) is 4.57 Å². The zero-order valence-electron chi connectivity index (χ0n) is 31.3. The van der Waals surface area contributed by atoms with Crippen LogP contribution in [0.25, 0.3) is 77.3 Å². The first kappa shape index (κ1) is 33.0. The molecule has 1 aliphatic carbocycles. The van der Waals surface area contributed by atoms with Crippen LogP contribution in [0.1, 0.15) is 18.4 Å². The van der Waals surface area contributed by atoms with Crippen molar-refractivity contribution in [3.05, 3.63) is 218 Å². The smallest absolute Gasteiger partial charge is 0.145 e. The standard InChI is InChI=1S/C54H38N2O/c1-4-13-37(14-5-1)39-23-29-43(30-24-39)55(44-31-25-40(26-32-44)38-15-6-2-7-16-38)45-33-27-41(28-34-45)46-20-12-21-47-48-35-36-51-52(54(48)57-53(46)47)49-19-10-11-22-50(49)56(51)42-17-8-3-9-18-42/h1-25,27-31,33-36H,26,32H2. The molecule has 0 N–H and O–H groups in total. The quantitative estimate of drug-likeness (QED) is 0.163. The highest BCUT2D eigenvalue weighted by Crippen LogP contribution is 2.44. The van der Waals surface area contributed by atoms with E-state index < -0.39 is 0 Å². The summed E-state index contributed by atoms with van der Waals surface area (Å²) in [5.74, 6) is 0. The van der Waals surface area contributed by atoms with Crippen LogP contribution >= 0.6 is 0 Å². The molecule has 0 unspecified atom stereocenters. The molecule has 3 heteroatoms. The van der Waals surface area contributed by atoms with Crippen LogP contribution in [0.5, 0.6) is 0 Å². The molecular formula is C54H38N2O. The van der Waals surface area contributed by atoms with Gasteiger partial charge in [0.15, 0.2) is 0 Å². The van der Waals surface area contributed by atoms with Gasteiger partial charge < -0.3 is 13.9 Å². The summed E-state index contributed by atoms with van der Waals surface area (Å²) in [7, 11) is 0. The molecule has 0 aliphatic heterocycles. The Morgan fingerprint density at radius 3 is 1.70 bits per heavy atom. The number of hydrogen-bond donors (Lipinski definition) is 0. The molecule has 0 radical (unpaired) electrons. The minimum Gasteiger partial charge on any atom is -0.455 e. The van der Waals surface area contributed by atoms with Crippen molar-refractivity contribution < 1.29 is 4.42 Å². The fourth-order valence-electron chi connectivity index (χ4n) is 8.80. The number of rotatable bonds is 7. The molecule has 0 saturated carbocycles. The van der Waals surface area contributed by atoms with Crippen LogP contribution in [0.3, 0.4) is 0 Å². The Morgan fingerprint density at radius 1 is 0.404 bits per heavy atom. The molecule has 2 aromatic heterocycles. The van der Waals surface area contributed by atoms with Gasteiger partial charge in [0.1, 0.15) is 11.2 Å². The van der Waals surface area contributed by atoms with E-state index >= 15 is 0 Å². The first-order chi connectivity index (χ1) is 28.3. The van der Waals surface area contributed by atoms with E-state index in [1.165, 1.54) is 38.9 Å². The molecule has 8 aromatic carbocycles. The van der Waals surface area contributed by atoms with Gasteiger partial charge in [-0.2, -0.15) is 0 Å². The van der Waals surface area contributed by atoms with E-state index in [4.69, 9.17) is 4.42 Å². The fraction of sp³-hybridized carbons (Fsp3) is 0.0370. The van der Waals surface area contributed by atoms with Crippen LogP contribution in [0.15, 0.2) is 216 Å². The Labute approximate surface area is 331 Å². The summed E-state index contributed by atoms with van der Waals surface area (Å²) < 4.78 is 9.35. The second-order valence-electron chi connectivity index (χ2n) is 14.8. The van der Waals surface area contributed by atoms with Crippen molar-refractivity contribution in [2.45, 2.75) is 12.8 Å². The lowest BCUT2D eigenvalue weighted by Crippen LogP contribution is -2.17. The van der Waals surface area contributed by atoms with Gasteiger partial charge in [-0.25, -0.2) is 0 Å². The molecule has 11 rings (SSSR count). The van der Waals surface area contributed by atoms with Crippen LogP contribution in [0, 0.1) is 0 Å². The van der Waals surface area contributed by atoms with Crippen molar-refractivity contribution in [3.63, 3.8) is 0 Å².